The molecule has 11 nitrogen and oxygen atoms in total. The Balaban J connectivity index is 1.35. The van der Waals surface area contributed by atoms with Gasteiger partial charge >= 0.3 is 11.9 Å². The molecule has 0 saturated heterocycles. The van der Waals surface area contributed by atoms with E-state index in [1.165, 1.54) is 42.1 Å². The molecule has 0 aromatic heterocycles. The molecule has 1 heterocycles. The highest BCUT2D eigenvalue weighted by Crippen LogP contribution is 2.58. The van der Waals surface area contributed by atoms with Crippen LogP contribution in [-0.2, 0) is 4.74 Å². The first-order valence-corrected chi connectivity index (χ1v) is 16.1. The number of fused-ring (bicyclic) bond motifs is 3. The number of non-ortho nitro benzene ring substituents is 1. The highest BCUT2D eigenvalue weighted by molar-refractivity contribution is 8.00. The summed E-state index contributed by atoms with van der Waals surface area (Å²) in [6, 6.07) is 24.1. The Morgan fingerprint density at radius 2 is 1.66 bits per heavy atom. The first-order chi connectivity index (χ1) is 22.7. The minimum absolute atomic E-state index is 0.00480. The van der Waals surface area contributed by atoms with Gasteiger partial charge in [-0.2, -0.15) is 0 Å². The molecule has 1 N–H and O–H groups in total. The number of anilines is 1. The second-order valence-electron chi connectivity index (χ2n) is 11.1. The van der Waals surface area contributed by atoms with Gasteiger partial charge in [-0.25, -0.2) is 9.59 Å². The summed E-state index contributed by atoms with van der Waals surface area (Å²) in [5.74, 6) is -1.62. The van der Waals surface area contributed by atoms with Gasteiger partial charge in [-0.1, -0.05) is 36.4 Å². The molecule has 1 aliphatic heterocycles. The van der Waals surface area contributed by atoms with Crippen LogP contribution >= 0.6 is 23.4 Å². The van der Waals surface area contributed by atoms with Crippen LogP contribution in [0, 0.1) is 26.1 Å². The van der Waals surface area contributed by atoms with E-state index in [9.17, 15) is 29.8 Å². The number of hydrogen-bond acceptors (Lipinski definition) is 10. The topological polar surface area (TPSA) is 151 Å². The number of nitrogens with one attached hydrogen (secondary N) is 1. The van der Waals surface area contributed by atoms with E-state index in [-0.39, 0.29) is 58.0 Å². The molecule has 1 saturated carbocycles. The Hall–Kier alpha value is -4.94. The molecule has 2 aliphatic rings. The molecule has 0 bridgehead atoms. The maximum Gasteiger partial charge on any atom is 0.343 e. The molecule has 240 valence electrons. The van der Waals surface area contributed by atoms with Crippen LogP contribution in [0.2, 0.25) is 0 Å². The molecule has 1 fully saturated rings. The lowest BCUT2D eigenvalue weighted by Crippen LogP contribution is -2.31. The summed E-state index contributed by atoms with van der Waals surface area (Å²) >= 11 is 8.61. The number of carbonyl (C=O) groups excluding carboxylic acids is 2. The third-order valence-corrected chi connectivity index (χ3v) is 10.6. The van der Waals surface area contributed by atoms with E-state index in [1.54, 1.807) is 67.6 Å². The molecule has 1 aliphatic carbocycles. The Labute approximate surface area is 278 Å². The lowest BCUT2D eigenvalue weighted by molar-refractivity contribution is -0.387. The van der Waals surface area contributed by atoms with E-state index in [4.69, 9.17) is 21.1 Å². The molecule has 0 unspecified atom stereocenters. The van der Waals surface area contributed by atoms with Gasteiger partial charge in [0.15, 0.2) is 0 Å². The van der Waals surface area contributed by atoms with Crippen molar-refractivity contribution in [2.75, 3.05) is 11.9 Å². The molecule has 5 atom stereocenters. The van der Waals surface area contributed by atoms with Crippen molar-refractivity contribution in [1.29, 1.82) is 0 Å². The largest absolute Gasteiger partial charge is 0.462 e. The molecule has 6 rings (SSSR count). The molecule has 47 heavy (non-hydrogen) atoms. The molecule has 13 heteroatoms. The van der Waals surface area contributed by atoms with Crippen molar-refractivity contribution in [3.05, 3.63) is 133 Å². The zero-order valence-corrected chi connectivity index (χ0v) is 26.5. The number of nitro benzene ring substituents is 2. The summed E-state index contributed by atoms with van der Waals surface area (Å²) in [7, 11) is 0. The van der Waals surface area contributed by atoms with E-state index < -0.39 is 27.2 Å². The fourth-order valence-electron chi connectivity index (χ4n) is 6.34. The van der Waals surface area contributed by atoms with Crippen molar-refractivity contribution in [1.82, 2.24) is 0 Å². The van der Waals surface area contributed by atoms with Crippen LogP contribution in [0.1, 0.15) is 57.1 Å². The summed E-state index contributed by atoms with van der Waals surface area (Å²) in [5.41, 5.74) is 2.69. The van der Waals surface area contributed by atoms with Crippen molar-refractivity contribution in [3.8, 4) is 5.75 Å². The predicted octanol–water partition coefficient (Wildman–Crippen LogP) is 7.94. The number of esters is 2. The lowest BCUT2D eigenvalue weighted by atomic mass is 9.77. The Morgan fingerprint density at radius 1 is 0.936 bits per heavy atom. The normalized spacial score (nSPS) is 21.1. The maximum atomic E-state index is 13.4. The van der Waals surface area contributed by atoms with E-state index in [0.29, 0.717) is 11.3 Å². The van der Waals surface area contributed by atoms with Gasteiger partial charge in [0.05, 0.1) is 38.3 Å². The molecule has 4 aromatic rings. The van der Waals surface area contributed by atoms with Crippen LogP contribution in [0.5, 0.6) is 5.75 Å². The zero-order chi connectivity index (χ0) is 33.2. The van der Waals surface area contributed by atoms with Crippen LogP contribution in [0.15, 0.2) is 95.9 Å². The fraction of sp³-hybridized carbons (Fsp3) is 0.235. The van der Waals surface area contributed by atoms with Gasteiger partial charge in [0.2, 0.25) is 0 Å². The van der Waals surface area contributed by atoms with Crippen LogP contribution in [0.4, 0.5) is 17.1 Å². The standard InChI is InChI=1S/C34H28ClN3O8S/c1-2-45-34(40)22-7-3-5-9-27(22)46-33(39)20-13-16-25-23(17-20)30-24(32(36-25)19-11-14-21(15-12-19)37(41)42)18-29(31(30)35)47-28-10-6-4-8-26(28)38(43)44/h3-17,24,29-32,36H,2,18H2,1H3/t24-,29+,30+,31+,32+/m1/s1. The summed E-state index contributed by atoms with van der Waals surface area (Å²) in [6.45, 7) is 1.85. The number of ether oxygens (including phenoxy) is 2. The van der Waals surface area contributed by atoms with E-state index >= 15 is 0 Å². The number of para-hydroxylation sites is 2. The van der Waals surface area contributed by atoms with Crippen LogP contribution in [0.3, 0.4) is 0 Å². The van der Waals surface area contributed by atoms with Crippen molar-refractivity contribution >= 4 is 52.4 Å². The van der Waals surface area contributed by atoms with Gasteiger partial charge in [-0.05, 0) is 66.8 Å². The number of benzene rings is 4. The van der Waals surface area contributed by atoms with Gasteiger partial charge in [-0.3, -0.25) is 20.2 Å². The SMILES string of the molecule is CCOC(=O)c1ccccc1OC(=O)c1ccc2c(c1)[C@@H]1[C@@H](Cl)[C@@H](Sc3ccccc3[N+](=O)[O-])C[C@H]1[C@H](c1ccc([N+](=O)[O-])cc1)N2. The number of halogens is 1. The molecular weight excluding hydrogens is 646 g/mol. The molecular formula is C34H28ClN3O8S. The minimum Gasteiger partial charge on any atom is -0.462 e. The van der Waals surface area contributed by atoms with Gasteiger partial charge in [0.1, 0.15) is 11.3 Å². The molecule has 0 spiro atoms. The smallest absolute Gasteiger partial charge is 0.343 e. The average molecular weight is 674 g/mol. The third-order valence-electron chi connectivity index (χ3n) is 8.44. The first-order valence-electron chi connectivity index (χ1n) is 14.8. The van der Waals surface area contributed by atoms with Crippen LogP contribution in [0.25, 0.3) is 0 Å². The van der Waals surface area contributed by atoms with E-state index in [0.717, 1.165) is 16.8 Å². The first kappa shape index (κ1) is 32.0. The Bertz CT molecular complexity index is 1870. The number of thioether (sulfide) groups is 1. The monoisotopic (exact) mass is 673 g/mol. The predicted molar refractivity (Wildman–Crippen MR) is 176 cm³/mol. The zero-order valence-electron chi connectivity index (χ0n) is 24.9. The number of hydrogen-bond donors (Lipinski definition) is 1. The average Bonchev–Trinajstić information content (AvgIpc) is 3.40. The number of nitro groups is 2. The van der Waals surface area contributed by atoms with Crippen molar-refractivity contribution in [3.63, 3.8) is 0 Å². The fourth-order valence-corrected chi connectivity index (χ4v) is 8.28. The number of rotatable bonds is 9. The minimum atomic E-state index is -0.673. The second-order valence-corrected chi connectivity index (χ2v) is 12.9. The Kier molecular flexibility index (Phi) is 9.15. The summed E-state index contributed by atoms with van der Waals surface area (Å²) in [6.07, 6.45) is 0.575. The number of carbonyl (C=O) groups is 2. The lowest BCUT2D eigenvalue weighted by Gasteiger charge is -2.38. The summed E-state index contributed by atoms with van der Waals surface area (Å²) in [5, 5.41) is 25.9. The number of alkyl halides is 1. The van der Waals surface area contributed by atoms with E-state index in [1.807, 2.05) is 0 Å². The van der Waals surface area contributed by atoms with Crippen molar-refractivity contribution in [2.45, 2.75) is 40.8 Å². The summed E-state index contributed by atoms with van der Waals surface area (Å²) in [4.78, 5) is 48.6. The molecule has 0 amide bonds. The molecule has 4 aromatic carbocycles. The van der Waals surface area contributed by atoms with E-state index in [2.05, 4.69) is 5.32 Å². The van der Waals surface area contributed by atoms with Crippen LogP contribution < -0.4 is 10.1 Å². The van der Waals surface area contributed by atoms with Gasteiger partial charge in [-0.15, -0.1) is 23.4 Å². The third kappa shape index (κ3) is 6.38. The quantitative estimate of drug-likeness (QED) is 0.0609. The Morgan fingerprint density at radius 3 is 2.38 bits per heavy atom. The highest BCUT2D eigenvalue weighted by atomic mass is 35.5. The number of nitrogens with zero attached hydrogens (tertiary/aromatic N) is 2. The summed E-state index contributed by atoms with van der Waals surface area (Å²) < 4.78 is 10.8. The van der Waals surface area contributed by atoms with Gasteiger partial charge < -0.3 is 14.8 Å². The van der Waals surface area contributed by atoms with Gasteiger partial charge in [0, 0.05) is 35.1 Å². The van der Waals surface area contributed by atoms with Crippen LogP contribution in [-0.4, -0.2) is 39.0 Å². The second kappa shape index (κ2) is 13.4. The van der Waals surface area contributed by atoms with Crippen molar-refractivity contribution in [2.24, 2.45) is 5.92 Å². The van der Waals surface area contributed by atoms with Gasteiger partial charge in [0.25, 0.3) is 11.4 Å². The maximum absolute atomic E-state index is 13.4. The van der Waals surface area contributed by atoms with Crippen molar-refractivity contribution < 1.29 is 28.9 Å². The molecule has 0 radical (unpaired) electrons. The highest BCUT2D eigenvalue weighted by Gasteiger charge is 2.50.